The van der Waals surface area contributed by atoms with E-state index in [4.69, 9.17) is 16.7 Å². The van der Waals surface area contributed by atoms with E-state index in [-0.39, 0.29) is 21.0 Å². The van der Waals surface area contributed by atoms with Gasteiger partial charge < -0.3 is 5.11 Å². The van der Waals surface area contributed by atoms with Gasteiger partial charge in [-0.3, -0.25) is 4.98 Å². The molecule has 0 spiro atoms. The Balaban J connectivity index is 2.40. The fraction of sp³-hybridized carbons (Fsp3) is 0.0769. The van der Waals surface area contributed by atoms with Crippen LogP contribution in [0.25, 0.3) is 0 Å². The molecule has 0 radical (unpaired) electrons. The highest BCUT2D eigenvalue weighted by Gasteiger charge is 2.19. The lowest BCUT2D eigenvalue weighted by atomic mass is 10.2. The van der Waals surface area contributed by atoms with Crippen molar-refractivity contribution in [2.24, 2.45) is 0 Å². The Labute approximate surface area is 124 Å². The molecule has 0 bridgehead atoms. The number of carboxylic acid groups (broad SMARTS) is 1. The summed E-state index contributed by atoms with van der Waals surface area (Å²) in [7, 11) is -3.83. The molecule has 1 aromatic carbocycles. The number of pyridine rings is 1. The maximum atomic E-state index is 13.0. The van der Waals surface area contributed by atoms with Crippen molar-refractivity contribution >= 4 is 27.4 Å². The predicted molar refractivity (Wildman–Crippen MR) is 73.5 cm³/mol. The minimum atomic E-state index is -3.83. The van der Waals surface area contributed by atoms with Crippen molar-refractivity contribution < 1.29 is 22.7 Å². The van der Waals surface area contributed by atoms with Gasteiger partial charge in [0.05, 0.1) is 27.4 Å². The van der Waals surface area contributed by atoms with Gasteiger partial charge in [-0.2, -0.15) is 0 Å². The second kappa shape index (κ2) is 5.79. The number of rotatable bonds is 4. The number of hydrogen-bond donors (Lipinski definition) is 1. The molecule has 0 aliphatic heterocycles. The van der Waals surface area contributed by atoms with Gasteiger partial charge in [-0.05, 0) is 29.8 Å². The smallest absolute Gasteiger partial charge is 0.337 e. The van der Waals surface area contributed by atoms with Gasteiger partial charge in [0.1, 0.15) is 5.82 Å². The molecule has 0 fully saturated rings. The Morgan fingerprint density at radius 2 is 2.00 bits per heavy atom. The van der Waals surface area contributed by atoms with Crippen molar-refractivity contribution in [1.82, 2.24) is 4.98 Å². The molecule has 0 saturated heterocycles. The molecule has 5 nitrogen and oxygen atoms in total. The number of nitrogens with zero attached hydrogens (tertiary/aromatic N) is 1. The Kier molecular flexibility index (Phi) is 4.24. The van der Waals surface area contributed by atoms with Gasteiger partial charge in [0.25, 0.3) is 0 Å². The minimum absolute atomic E-state index is 0.0612. The number of halogens is 2. The first-order chi connectivity index (χ1) is 9.79. The van der Waals surface area contributed by atoms with Crippen LogP contribution in [0.4, 0.5) is 4.39 Å². The van der Waals surface area contributed by atoms with Crippen LogP contribution in [0.15, 0.2) is 41.6 Å². The number of aromatic carboxylic acids is 1. The molecule has 0 saturated carbocycles. The first-order valence-corrected chi connectivity index (χ1v) is 7.67. The third-order valence-corrected chi connectivity index (χ3v) is 4.66. The second-order valence-corrected chi connectivity index (χ2v) is 6.61. The summed E-state index contributed by atoms with van der Waals surface area (Å²) in [5.74, 6) is -2.46. The van der Waals surface area contributed by atoms with E-state index in [0.717, 1.165) is 18.3 Å². The van der Waals surface area contributed by atoms with Gasteiger partial charge >= 0.3 is 5.97 Å². The molecular weight excluding hydrogens is 321 g/mol. The molecular formula is C13H9ClFNO4S. The van der Waals surface area contributed by atoms with E-state index in [1.54, 1.807) is 0 Å². The first kappa shape index (κ1) is 15.4. The Morgan fingerprint density at radius 1 is 1.29 bits per heavy atom. The van der Waals surface area contributed by atoms with E-state index in [0.29, 0.717) is 0 Å². The molecule has 0 aliphatic rings. The lowest BCUT2D eigenvalue weighted by Crippen LogP contribution is -2.07. The van der Waals surface area contributed by atoms with Crippen molar-refractivity contribution in [2.75, 3.05) is 0 Å². The maximum absolute atomic E-state index is 13.0. The van der Waals surface area contributed by atoms with Crippen molar-refractivity contribution in [1.29, 1.82) is 0 Å². The zero-order chi connectivity index (χ0) is 15.6. The van der Waals surface area contributed by atoms with Crippen LogP contribution in [0.2, 0.25) is 5.02 Å². The molecule has 0 amide bonds. The summed E-state index contributed by atoms with van der Waals surface area (Å²) in [4.78, 5) is 14.3. The molecule has 2 aromatic rings. The van der Waals surface area contributed by atoms with E-state index < -0.39 is 27.4 Å². The van der Waals surface area contributed by atoms with Crippen molar-refractivity contribution in [2.45, 2.75) is 10.6 Å². The van der Waals surface area contributed by atoms with Gasteiger partial charge in [0.2, 0.25) is 0 Å². The third-order valence-electron chi connectivity index (χ3n) is 2.65. The monoisotopic (exact) mass is 329 g/mol. The molecule has 1 N–H and O–H groups in total. The van der Waals surface area contributed by atoms with Crippen LogP contribution in [0, 0.1) is 5.82 Å². The van der Waals surface area contributed by atoms with Crippen LogP contribution in [0.5, 0.6) is 0 Å². The van der Waals surface area contributed by atoms with Gasteiger partial charge in [-0.15, -0.1) is 0 Å². The number of carboxylic acids is 1. The molecule has 0 atom stereocenters. The van der Waals surface area contributed by atoms with Crippen LogP contribution < -0.4 is 0 Å². The number of carbonyl (C=O) groups is 1. The van der Waals surface area contributed by atoms with Crippen molar-refractivity contribution in [3.63, 3.8) is 0 Å². The molecule has 0 unspecified atom stereocenters. The lowest BCUT2D eigenvalue weighted by Gasteiger charge is -2.06. The summed E-state index contributed by atoms with van der Waals surface area (Å²) >= 11 is 5.69. The fourth-order valence-electron chi connectivity index (χ4n) is 1.70. The fourth-order valence-corrected chi connectivity index (χ4v) is 3.23. The number of sulfone groups is 1. The average Bonchev–Trinajstić information content (AvgIpc) is 2.38. The van der Waals surface area contributed by atoms with Crippen molar-refractivity contribution in [3.8, 4) is 0 Å². The van der Waals surface area contributed by atoms with Gasteiger partial charge in [-0.1, -0.05) is 11.6 Å². The third kappa shape index (κ3) is 3.56. The molecule has 8 heteroatoms. The highest BCUT2D eigenvalue weighted by molar-refractivity contribution is 7.90. The largest absolute Gasteiger partial charge is 0.478 e. The highest BCUT2D eigenvalue weighted by Crippen LogP contribution is 2.23. The van der Waals surface area contributed by atoms with Gasteiger partial charge in [0, 0.05) is 6.20 Å². The van der Waals surface area contributed by atoms with Crippen LogP contribution in [-0.4, -0.2) is 24.5 Å². The molecule has 110 valence electrons. The summed E-state index contributed by atoms with van der Waals surface area (Å²) in [6.45, 7) is 0. The molecule has 21 heavy (non-hydrogen) atoms. The molecule has 1 aromatic heterocycles. The summed E-state index contributed by atoms with van der Waals surface area (Å²) in [6, 6.07) is 4.43. The van der Waals surface area contributed by atoms with Crippen LogP contribution >= 0.6 is 11.6 Å². The number of hydrogen-bond acceptors (Lipinski definition) is 4. The van der Waals surface area contributed by atoms with Crippen LogP contribution in [0.1, 0.15) is 15.9 Å². The number of benzene rings is 1. The van der Waals surface area contributed by atoms with Crippen LogP contribution in [0.3, 0.4) is 0 Å². The summed E-state index contributed by atoms with van der Waals surface area (Å²) in [5, 5.41) is 8.88. The van der Waals surface area contributed by atoms with Crippen molar-refractivity contribution in [3.05, 3.63) is 58.6 Å². The standard InChI is InChI=1S/C13H9ClFNO4S/c14-12-2-1-10(4-11(12)13(17)18)21(19,20)7-8-3-9(15)6-16-5-8/h1-6H,7H2,(H,17,18). The van der Waals surface area contributed by atoms with E-state index in [2.05, 4.69) is 4.98 Å². The van der Waals surface area contributed by atoms with Gasteiger partial charge in [-0.25, -0.2) is 17.6 Å². The van der Waals surface area contributed by atoms with Gasteiger partial charge in [0.15, 0.2) is 9.84 Å². The number of aromatic nitrogens is 1. The maximum Gasteiger partial charge on any atom is 0.337 e. The quantitative estimate of drug-likeness (QED) is 0.931. The van der Waals surface area contributed by atoms with Crippen LogP contribution in [-0.2, 0) is 15.6 Å². The zero-order valence-electron chi connectivity index (χ0n) is 10.5. The topological polar surface area (TPSA) is 84.3 Å². The second-order valence-electron chi connectivity index (χ2n) is 4.22. The lowest BCUT2D eigenvalue weighted by molar-refractivity contribution is 0.0697. The average molecular weight is 330 g/mol. The SMILES string of the molecule is O=C(O)c1cc(S(=O)(=O)Cc2cncc(F)c2)ccc1Cl. The van der Waals surface area contributed by atoms with E-state index >= 15 is 0 Å². The molecule has 2 rings (SSSR count). The van der Waals surface area contributed by atoms with E-state index in [9.17, 15) is 17.6 Å². The Hall–Kier alpha value is -1.99. The van der Waals surface area contributed by atoms with E-state index in [1.165, 1.54) is 18.3 Å². The predicted octanol–water partition coefficient (Wildman–Crippen LogP) is 2.55. The Morgan fingerprint density at radius 3 is 2.62 bits per heavy atom. The normalized spacial score (nSPS) is 11.3. The molecule has 0 aliphatic carbocycles. The summed E-state index contributed by atoms with van der Waals surface area (Å²) in [5.41, 5.74) is -0.142. The summed E-state index contributed by atoms with van der Waals surface area (Å²) in [6.07, 6.45) is 2.19. The Bertz CT molecular complexity index is 808. The minimum Gasteiger partial charge on any atom is -0.478 e. The zero-order valence-corrected chi connectivity index (χ0v) is 12.0. The first-order valence-electron chi connectivity index (χ1n) is 5.64. The highest BCUT2D eigenvalue weighted by atomic mass is 35.5. The summed E-state index contributed by atoms with van der Waals surface area (Å²) < 4.78 is 37.4. The van der Waals surface area contributed by atoms with E-state index in [1.807, 2.05) is 0 Å². The molecule has 1 heterocycles.